The molecule has 2 rings (SSSR count). The largest absolute Gasteiger partial charge is 0.392 e. The van der Waals surface area contributed by atoms with E-state index in [1.165, 1.54) is 0 Å². The number of hydrogen-bond donors (Lipinski definition) is 1. The molecule has 1 saturated heterocycles. The molecule has 1 aromatic rings. The molecule has 2 heterocycles. The monoisotopic (exact) mass is 306 g/mol. The van der Waals surface area contributed by atoms with E-state index >= 15 is 0 Å². The molecule has 0 radical (unpaired) electrons. The molecule has 0 spiro atoms. The van der Waals surface area contributed by atoms with Gasteiger partial charge in [0.25, 0.3) is 5.91 Å². The Hall–Kier alpha value is -1.53. The fourth-order valence-corrected chi connectivity index (χ4v) is 3.02. The van der Waals surface area contributed by atoms with Crippen molar-refractivity contribution in [3.05, 3.63) is 29.6 Å². The molecule has 0 bridgehead atoms. The molecule has 0 aromatic carbocycles. The van der Waals surface area contributed by atoms with Crippen LogP contribution in [0.2, 0.25) is 0 Å². The first-order chi connectivity index (χ1) is 10.0. The van der Waals surface area contributed by atoms with Crippen LogP contribution in [0.5, 0.6) is 0 Å². The first-order valence-corrected chi connectivity index (χ1v) is 7.70. The van der Waals surface area contributed by atoms with Gasteiger partial charge in [0.1, 0.15) is 5.69 Å². The van der Waals surface area contributed by atoms with Crippen LogP contribution in [0, 0.1) is 6.92 Å². The lowest BCUT2D eigenvalue weighted by Crippen LogP contribution is -2.54. The third-order valence-corrected chi connectivity index (χ3v) is 4.14. The predicted molar refractivity (Wildman–Crippen MR) is 87.3 cm³/mol. The molecule has 6 heteroatoms. The van der Waals surface area contributed by atoms with Crippen LogP contribution in [0.15, 0.2) is 18.2 Å². The van der Waals surface area contributed by atoms with Crippen LogP contribution in [0.25, 0.3) is 0 Å². The van der Waals surface area contributed by atoms with Crippen molar-refractivity contribution in [2.45, 2.75) is 26.3 Å². The summed E-state index contributed by atoms with van der Waals surface area (Å²) in [6.07, 6.45) is 0.905. The van der Waals surface area contributed by atoms with Crippen LogP contribution in [0.3, 0.4) is 0 Å². The molecule has 1 aliphatic heterocycles. The zero-order valence-corrected chi connectivity index (χ0v) is 13.4. The van der Waals surface area contributed by atoms with Crippen molar-refractivity contribution in [3.63, 3.8) is 0 Å². The number of pyridine rings is 1. The summed E-state index contributed by atoms with van der Waals surface area (Å²) in [5.41, 5.74) is 7.16. The zero-order chi connectivity index (χ0) is 15.4. The summed E-state index contributed by atoms with van der Waals surface area (Å²) in [5.74, 6) is 0.00160. The van der Waals surface area contributed by atoms with Crippen molar-refractivity contribution in [2.24, 2.45) is 5.73 Å². The Labute approximate surface area is 131 Å². The van der Waals surface area contributed by atoms with Gasteiger partial charge < -0.3 is 10.6 Å². The minimum atomic E-state index is 0.00160. The van der Waals surface area contributed by atoms with Gasteiger partial charge in [0, 0.05) is 31.9 Å². The highest BCUT2D eigenvalue weighted by Gasteiger charge is 2.27. The summed E-state index contributed by atoms with van der Waals surface area (Å²) in [6, 6.07) is 5.66. The second kappa shape index (κ2) is 6.95. The van der Waals surface area contributed by atoms with E-state index in [0.717, 1.165) is 25.2 Å². The van der Waals surface area contributed by atoms with E-state index in [-0.39, 0.29) is 11.9 Å². The fourth-order valence-electron chi connectivity index (χ4n) is 2.70. The van der Waals surface area contributed by atoms with E-state index in [1.807, 2.05) is 24.0 Å². The van der Waals surface area contributed by atoms with E-state index in [0.29, 0.717) is 23.8 Å². The molecule has 2 N–H and O–H groups in total. The third kappa shape index (κ3) is 3.77. The maximum absolute atomic E-state index is 12.4. The van der Waals surface area contributed by atoms with Crippen molar-refractivity contribution >= 4 is 23.1 Å². The van der Waals surface area contributed by atoms with Crippen molar-refractivity contribution in [1.82, 2.24) is 14.8 Å². The summed E-state index contributed by atoms with van der Waals surface area (Å²) in [5, 5.41) is 0. The second-order valence-electron chi connectivity index (χ2n) is 5.32. The Morgan fingerprint density at radius 1 is 1.38 bits per heavy atom. The highest BCUT2D eigenvalue weighted by molar-refractivity contribution is 7.80. The van der Waals surface area contributed by atoms with E-state index in [4.69, 9.17) is 18.0 Å². The molecule has 1 aromatic heterocycles. The topological polar surface area (TPSA) is 62.5 Å². The van der Waals surface area contributed by atoms with E-state index in [1.54, 1.807) is 6.07 Å². The van der Waals surface area contributed by atoms with Crippen molar-refractivity contribution in [3.8, 4) is 0 Å². The number of aryl methyl sites for hydroxylation is 1. The number of piperazine rings is 1. The van der Waals surface area contributed by atoms with E-state index in [9.17, 15) is 4.79 Å². The molecular formula is C15H22N4OS. The molecule has 1 fully saturated rings. The summed E-state index contributed by atoms with van der Waals surface area (Å²) < 4.78 is 0. The van der Waals surface area contributed by atoms with Crippen molar-refractivity contribution in [1.29, 1.82) is 0 Å². The van der Waals surface area contributed by atoms with Gasteiger partial charge in [-0.1, -0.05) is 25.2 Å². The Bertz CT molecular complexity index is 526. The first kappa shape index (κ1) is 15.9. The molecule has 21 heavy (non-hydrogen) atoms. The average molecular weight is 306 g/mol. The minimum Gasteiger partial charge on any atom is -0.392 e. The van der Waals surface area contributed by atoms with Gasteiger partial charge in [-0.15, -0.1) is 0 Å². The molecule has 1 amide bonds. The molecule has 5 nitrogen and oxygen atoms in total. The lowest BCUT2D eigenvalue weighted by atomic mass is 10.1. The van der Waals surface area contributed by atoms with Gasteiger partial charge >= 0.3 is 0 Å². The Morgan fingerprint density at radius 2 is 2.05 bits per heavy atom. The number of hydrogen-bond acceptors (Lipinski definition) is 4. The van der Waals surface area contributed by atoms with Gasteiger partial charge in [-0.05, 0) is 25.5 Å². The van der Waals surface area contributed by atoms with Crippen LogP contribution < -0.4 is 5.73 Å². The summed E-state index contributed by atoms with van der Waals surface area (Å²) in [6.45, 7) is 6.95. The Kier molecular flexibility index (Phi) is 5.25. The van der Waals surface area contributed by atoms with Crippen molar-refractivity contribution in [2.75, 3.05) is 26.2 Å². The molecule has 1 aliphatic rings. The van der Waals surface area contributed by atoms with Gasteiger partial charge in [-0.2, -0.15) is 0 Å². The molecule has 1 atom stereocenters. The van der Waals surface area contributed by atoms with Crippen LogP contribution in [0.4, 0.5) is 0 Å². The van der Waals surface area contributed by atoms with Crippen molar-refractivity contribution < 1.29 is 4.79 Å². The van der Waals surface area contributed by atoms with Gasteiger partial charge in [0.15, 0.2) is 0 Å². The number of nitrogens with zero attached hydrogens (tertiary/aromatic N) is 3. The maximum atomic E-state index is 12.4. The average Bonchev–Trinajstić information content (AvgIpc) is 2.47. The highest BCUT2D eigenvalue weighted by atomic mass is 32.1. The molecule has 0 aliphatic carbocycles. The number of nitrogens with two attached hydrogens (primary N) is 1. The van der Waals surface area contributed by atoms with E-state index < -0.39 is 0 Å². The van der Waals surface area contributed by atoms with Crippen LogP contribution in [-0.4, -0.2) is 57.9 Å². The number of rotatable bonds is 4. The van der Waals surface area contributed by atoms with Gasteiger partial charge in [-0.3, -0.25) is 9.69 Å². The third-order valence-electron chi connectivity index (χ3n) is 3.86. The molecule has 0 saturated carbocycles. The molecule has 1 unspecified atom stereocenters. The SMILES string of the molecule is CCC(C(N)=S)N1CCN(C(=O)c2cccc(C)n2)CC1. The minimum absolute atomic E-state index is 0.00160. The second-order valence-corrected chi connectivity index (χ2v) is 5.79. The Balaban J connectivity index is 1.97. The van der Waals surface area contributed by atoms with Gasteiger partial charge in [0.05, 0.1) is 11.0 Å². The van der Waals surface area contributed by atoms with Gasteiger partial charge in [-0.25, -0.2) is 4.98 Å². The number of carbonyl (C=O) groups excluding carboxylic acids is 1. The zero-order valence-electron chi connectivity index (χ0n) is 12.6. The van der Waals surface area contributed by atoms with Crippen LogP contribution >= 0.6 is 12.2 Å². The predicted octanol–water partition coefficient (Wildman–Crippen LogP) is 1.21. The van der Waals surface area contributed by atoms with E-state index in [2.05, 4.69) is 16.8 Å². The Morgan fingerprint density at radius 3 is 2.57 bits per heavy atom. The van der Waals surface area contributed by atoms with Crippen LogP contribution in [0.1, 0.15) is 29.5 Å². The highest BCUT2D eigenvalue weighted by Crippen LogP contribution is 2.12. The quantitative estimate of drug-likeness (QED) is 0.847. The maximum Gasteiger partial charge on any atom is 0.272 e. The fraction of sp³-hybridized carbons (Fsp3) is 0.533. The summed E-state index contributed by atoms with van der Waals surface area (Å²) in [7, 11) is 0. The summed E-state index contributed by atoms with van der Waals surface area (Å²) >= 11 is 5.11. The number of aromatic nitrogens is 1. The van der Waals surface area contributed by atoms with Gasteiger partial charge in [0.2, 0.25) is 0 Å². The molecule has 114 valence electrons. The summed E-state index contributed by atoms with van der Waals surface area (Å²) in [4.78, 5) is 21.4. The number of carbonyl (C=O) groups is 1. The lowest BCUT2D eigenvalue weighted by molar-refractivity contribution is 0.0606. The smallest absolute Gasteiger partial charge is 0.272 e. The lowest BCUT2D eigenvalue weighted by Gasteiger charge is -2.38. The standard InChI is InChI=1S/C15H22N4OS/c1-3-13(14(16)21)18-7-9-19(10-8-18)15(20)12-6-4-5-11(2)17-12/h4-6,13H,3,7-10H2,1-2H3,(H2,16,21). The number of thiocarbonyl (C=S) groups is 1. The molecular weight excluding hydrogens is 284 g/mol. The normalized spacial score (nSPS) is 17.5. The number of amides is 1. The van der Waals surface area contributed by atoms with Crippen LogP contribution in [-0.2, 0) is 0 Å². The first-order valence-electron chi connectivity index (χ1n) is 7.29.